The Morgan fingerprint density at radius 1 is 0.762 bits per heavy atom. The summed E-state index contributed by atoms with van der Waals surface area (Å²) < 4.78 is 0. The quantitative estimate of drug-likeness (QED) is 0.545. The van der Waals surface area contributed by atoms with Gasteiger partial charge in [-0.05, 0) is 24.2 Å². The summed E-state index contributed by atoms with van der Waals surface area (Å²) >= 11 is 0. The zero-order valence-electron chi connectivity index (χ0n) is 12.8. The Balaban J connectivity index is 2.08. The molecule has 2 aliphatic carbocycles. The van der Waals surface area contributed by atoms with Crippen LogP contribution in [0.5, 0.6) is 0 Å². The third-order valence-electron chi connectivity index (χ3n) is 5.40. The summed E-state index contributed by atoms with van der Waals surface area (Å²) in [5.74, 6) is 1.98. The molecule has 0 radical (unpaired) electrons. The molecule has 0 aromatic carbocycles. The lowest BCUT2D eigenvalue weighted by molar-refractivity contribution is 0.128. The Labute approximate surface area is 127 Å². The molecule has 116 valence electrons. The number of hydrogen-bond donors (Lipinski definition) is 0. The molecule has 0 N–H and O–H groups in total. The van der Waals surface area contributed by atoms with Crippen LogP contribution in [0.25, 0.3) is 0 Å². The second-order valence-corrected chi connectivity index (χ2v) is 6.62. The highest BCUT2D eigenvalue weighted by atomic mass is 16.1. The van der Waals surface area contributed by atoms with Gasteiger partial charge in [-0.25, -0.2) is 9.59 Å². The fraction of sp³-hybridized carbons (Fsp3) is 0.882. The van der Waals surface area contributed by atoms with Crippen LogP contribution < -0.4 is 0 Å². The first-order valence-electron chi connectivity index (χ1n) is 8.49. The smallest absolute Gasteiger partial charge is 0.211 e. The average molecular weight is 290 g/mol. The second kappa shape index (κ2) is 8.92. The van der Waals surface area contributed by atoms with Crippen LogP contribution in [0.15, 0.2) is 9.98 Å². The first-order valence-corrected chi connectivity index (χ1v) is 8.49. The first-order chi connectivity index (χ1) is 10.3. The van der Waals surface area contributed by atoms with Crippen LogP contribution in [0, 0.1) is 17.8 Å². The average Bonchev–Trinajstić information content (AvgIpc) is 2.54. The molecule has 0 aromatic rings. The summed E-state index contributed by atoms with van der Waals surface area (Å²) in [5.41, 5.74) is 0. The van der Waals surface area contributed by atoms with Gasteiger partial charge in [0.05, 0.1) is 0 Å². The minimum atomic E-state index is -0.561. The number of isocyanates is 2. The molecule has 0 saturated heterocycles. The van der Waals surface area contributed by atoms with E-state index in [9.17, 15) is 9.59 Å². The van der Waals surface area contributed by atoms with Crippen LogP contribution in [-0.4, -0.2) is 18.3 Å². The zero-order chi connectivity index (χ0) is 14.9. The molecule has 2 saturated carbocycles. The maximum absolute atomic E-state index is 10.5. The van der Waals surface area contributed by atoms with Gasteiger partial charge in [0.25, 0.3) is 0 Å². The third kappa shape index (κ3) is 4.91. The first kappa shape index (κ1) is 16.1. The molecule has 0 bridgehead atoms. The van der Waals surface area contributed by atoms with E-state index in [1.807, 2.05) is 0 Å². The van der Waals surface area contributed by atoms with Crippen LogP contribution in [0.1, 0.15) is 70.6 Å². The van der Waals surface area contributed by atoms with E-state index in [-0.39, 0.29) is 0 Å². The standard InChI is InChI=1S/C17H26N2O2/c20-12-18-17(19-13-21)11-16(14-7-3-1-4-8-14)15-9-5-2-6-10-15/h14-17H,1-11H2. The van der Waals surface area contributed by atoms with Gasteiger partial charge in [0, 0.05) is 0 Å². The van der Waals surface area contributed by atoms with Crippen LogP contribution in [-0.2, 0) is 9.59 Å². The molecule has 4 heteroatoms. The van der Waals surface area contributed by atoms with Gasteiger partial charge >= 0.3 is 0 Å². The Morgan fingerprint density at radius 2 is 1.19 bits per heavy atom. The van der Waals surface area contributed by atoms with Crippen molar-refractivity contribution < 1.29 is 9.59 Å². The van der Waals surface area contributed by atoms with Gasteiger partial charge in [0.2, 0.25) is 12.2 Å². The summed E-state index contributed by atoms with van der Waals surface area (Å²) in [4.78, 5) is 28.5. The Morgan fingerprint density at radius 3 is 1.57 bits per heavy atom. The van der Waals surface area contributed by atoms with Crippen molar-refractivity contribution in [3.63, 3.8) is 0 Å². The lowest BCUT2D eigenvalue weighted by Gasteiger charge is -2.38. The number of hydrogen-bond acceptors (Lipinski definition) is 4. The molecule has 4 nitrogen and oxygen atoms in total. The van der Waals surface area contributed by atoms with E-state index < -0.39 is 6.17 Å². The predicted molar refractivity (Wildman–Crippen MR) is 81.3 cm³/mol. The predicted octanol–water partition coefficient (Wildman–Crippen LogP) is 4.15. The van der Waals surface area contributed by atoms with Gasteiger partial charge in [0.15, 0.2) is 6.17 Å². The Kier molecular flexibility index (Phi) is 6.85. The topological polar surface area (TPSA) is 58.9 Å². The molecule has 0 amide bonds. The van der Waals surface area contributed by atoms with Gasteiger partial charge in [-0.1, -0.05) is 64.2 Å². The second-order valence-electron chi connectivity index (χ2n) is 6.62. The van der Waals surface area contributed by atoms with Gasteiger partial charge < -0.3 is 0 Å². The highest BCUT2D eigenvalue weighted by Gasteiger charge is 2.33. The maximum atomic E-state index is 10.5. The number of aliphatic imine (C=N–C) groups is 2. The third-order valence-corrected chi connectivity index (χ3v) is 5.40. The summed E-state index contributed by atoms with van der Waals surface area (Å²) in [5, 5.41) is 0. The number of nitrogens with zero attached hydrogens (tertiary/aromatic N) is 2. The maximum Gasteiger partial charge on any atom is 0.237 e. The molecule has 21 heavy (non-hydrogen) atoms. The fourth-order valence-corrected chi connectivity index (χ4v) is 4.39. The highest BCUT2D eigenvalue weighted by molar-refractivity contribution is 5.36. The summed E-state index contributed by atoms with van der Waals surface area (Å²) in [7, 11) is 0. The van der Waals surface area contributed by atoms with E-state index >= 15 is 0 Å². The van der Waals surface area contributed by atoms with Gasteiger partial charge in [0.1, 0.15) is 0 Å². The Bertz CT molecular complexity index is 363. The van der Waals surface area contributed by atoms with E-state index in [1.165, 1.54) is 64.2 Å². The van der Waals surface area contributed by atoms with E-state index in [0.717, 1.165) is 6.42 Å². The summed E-state index contributed by atoms with van der Waals surface area (Å²) in [6.45, 7) is 0. The number of carbonyl (C=O) groups excluding carboxylic acids is 2. The largest absolute Gasteiger partial charge is 0.237 e. The highest BCUT2D eigenvalue weighted by Crippen LogP contribution is 2.42. The molecule has 2 rings (SSSR count). The molecule has 0 spiro atoms. The lowest BCUT2D eigenvalue weighted by atomic mass is 9.68. The van der Waals surface area contributed by atoms with Gasteiger partial charge in [-0.3, -0.25) is 0 Å². The van der Waals surface area contributed by atoms with Crippen LogP contribution in [0.4, 0.5) is 0 Å². The summed E-state index contributed by atoms with van der Waals surface area (Å²) in [6.07, 6.45) is 16.4. The molecular formula is C17H26N2O2. The molecule has 0 aromatic heterocycles. The van der Waals surface area contributed by atoms with Crippen molar-refractivity contribution in [1.82, 2.24) is 0 Å². The molecule has 2 fully saturated rings. The van der Waals surface area contributed by atoms with Crippen LogP contribution in [0.2, 0.25) is 0 Å². The van der Waals surface area contributed by atoms with E-state index in [2.05, 4.69) is 9.98 Å². The van der Waals surface area contributed by atoms with Crippen molar-refractivity contribution in [3.05, 3.63) is 0 Å². The Hall–Kier alpha value is -1.24. The van der Waals surface area contributed by atoms with Crippen molar-refractivity contribution in [2.24, 2.45) is 27.7 Å². The van der Waals surface area contributed by atoms with E-state index in [1.54, 1.807) is 12.2 Å². The van der Waals surface area contributed by atoms with Crippen LogP contribution >= 0.6 is 0 Å². The molecule has 0 heterocycles. The van der Waals surface area contributed by atoms with Crippen molar-refractivity contribution in [1.29, 1.82) is 0 Å². The van der Waals surface area contributed by atoms with Crippen molar-refractivity contribution in [2.45, 2.75) is 76.8 Å². The molecule has 0 unspecified atom stereocenters. The molecule has 2 aliphatic rings. The SMILES string of the molecule is O=C=NC(CC(C1CCCCC1)C1CCCCC1)N=C=O. The number of rotatable bonds is 6. The van der Waals surface area contributed by atoms with Gasteiger partial charge in [-0.15, -0.1) is 0 Å². The van der Waals surface area contributed by atoms with Crippen molar-refractivity contribution in [3.8, 4) is 0 Å². The minimum absolute atomic E-state index is 0.546. The molecule has 0 aliphatic heterocycles. The van der Waals surface area contributed by atoms with E-state index in [0.29, 0.717) is 17.8 Å². The lowest BCUT2D eigenvalue weighted by Crippen LogP contribution is -2.29. The monoisotopic (exact) mass is 290 g/mol. The van der Waals surface area contributed by atoms with Gasteiger partial charge in [-0.2, -0.15) is 9.98 Å². The summed E-state index contributed by atoms with van der Waals surface area (Å²) in [6, 6.07) is 0. The van der Waals surface area contributed by atoms with E-state index in [4.69, 9.17) is 0 Å². The molecule has 0 atom stereocenters. The fourth-order valence-electron chi connectivity index (χ4n) is 4.39. The van der Waals surface area contributed by atoms with Crippen LogP contribution in [0.3, 0.4) is 0 Å². The normalized spacial score (nSPS) is 22.3. The van der Waals surface area contributed by atoms with Crippen molar-refractivity contribution >= 4 is 12.2 Å². The molecular weight excluding hydrogens is 264 g/mol. The zero-order valence-corrected chi connectivity index (χ0v) is 12.8. The minimum Gasteiger partial charge on any atom is -0.211 e. The van der Waals surface area contributed by atoms with Crippen molar-refractivity contribution in [2.75, 3.05) is 0 Å².